The zero-order valence-corrected chi connectivity index (χ0v) is 17.0. The Labute approximate surface area is 180 Å². The monoisotopic (exact) mass is 433 g/mol. The molecule has 0 spiro atoms. The van der Waals surface area contributed by atoms with Gasteiger partial charge in [0.25, 0.3) is 0 Å². The highest BCUT2D eigenvalue weighted by Gasteiger charge is 2.34. The van der Waals surface area contributed by atoms with Crippen molar-refractivity contribution in [3.63, 3.8) is 0 Å². The van der Waals surface area contributed by atoms with Gasteiger partial charge in [-0.25, -0.2) is 4.98 Å². The third-order valence-electron chi connectivity index (χ3n) is 5.02. The molecule has 0 bridgehead atoms. The maximum Gasteiger partial charge on any atom is 0.573 e. The summed E-state index contributed by atoms with van der Waals surface area (Å²) in [5.74, 6) is 0.248. The molecule has 1 aromatic heterocycles. The zero-order valence-electron chi connectivity index (χ0n) is 16.0. The van der Waals surface area contributed by atoms with E-state index in [0.717, 1.165) is 27.2 Å². The normalized spacial score (nSPS) is 15.2. The third-order valence-corrected chi connectivity index (χ3v) is 6.47. The number of alkyl halides is 3. The largest absolute Gasteiger partial charge is 0.573 e. The van der Waals surface area contributed by atoms with Crippen LogP contribution in [0.1, 0.15) is 5.56 Å². The van der Waals surface area contributed by atoms with E-state index in [2.05, 4.69) is 4.74 Å². The fourth-order valence-corrected chi connectivity index (χ4v) is 5.10. The second kappa shape index (κ2) is 7.10. The molecule has 1 atom stereocenters. The first kappa shape index (κ1) is 20.1. The van der Waals surface area contributed by atoms with E-state index in [1.165, 1.54) is 12.1 Å². The number of halogens is 3. The lowest BCUT2D eigenvalue weighted by Gasteiger charge is -2.19. The summed E-state index contributed by atoms with van der Waals surface area (Å²) in [5, 5.41) is -0.321. The fourth-order valence-electron chi connectivity index (χ4n) is 3.77. The van der Waals surface area contributed by atoms with E-state index in [0.29, 0.717) is 31.5 Å². The molecule has 2 heterocycles. The van der Waals surface area contributed by atoms with Crippen molar-refractivity contribution in [2.24, 2.45) is 0 Å². The lowest BCUT2D eigenvalue weighted by atomic mass is 9.63. The Balaban J connectivity index is 1.63. The van der Waals surface area contributed by atoms with Crippen molar-refractivity contribution in [3.05, 3.63) is 66.2 Å². The Morgan fingerprint density at radius 1 is 1.00 bits per heavy atom. The van der Waals surface area contributed by atoms with Gasteiger partial charge >= 0.3 is 6.36 Å². The van der Waals surface area contributed by atoms with E-state index in [1.54, 1.807) is 12.1 Å². The number of hydrogen-bond acceptors (Lipinski definition) is 3. The number of benzene rings is 3. The van der Waals surface area contributed by atoms with Gasteiger partial charge in [-0.2, -0.15) is 0 Å². The number of aromatic nitrogens is 1. The van der Waals surface area contributed by atoms with Gasteiger partial charge in [0.1, 0.15) is 27.2 Å². The van der Waals surface area contributed by atoms with Crippen LogP contribution in [0.3, 0.4) is 0 Å². The second-order valence-electron chi connectivity index (χ2n) is 7.38. The molecule has 0 fully saturated rings. The van der Waals surface area contributed by atoms with Gasteiger partial charge in [0.2, 0.25) is 0 Å². The van der Waals surface area contributed by atoms with Gasteiger partial charge in [-0.05, 0) is 30.2 Å². The van der Waals surface area contributed by atoms with Crippen molar-refractivity contribution >= 4 is 34.5 Å². The molecule has 1 aliphatic heterocycles. The van der Waals surface area contributed by atoms with Gasteiger partial charge < -0.3 is 9.47 Å². The molecule has 5 rings (SSSR count). The quantitative estimate of drug-likeness (QED) is 0.405. The first-order valence-corrected chi connectivity index (χ1v) is 10.4. The smallest absolute Gasteiger partial charge is 0.506 e. The van der Waals surface area contributed by atoms with Gasteiger partial charge in [0.05, 0.1) is 10.9 Å². The maximum atomic E-state index is 12.5. The maximum absolute atomic E-state index is 12.5. The predicted molar refractivity (Wildman–Crippen MR) is 117 cm³/mol. The summed E-state index contributed by atoms with van der Waals surface area (Å²) >= 11 is 0. The molecule has 0 aliphatic carbocycles. The Morgan fingerprint density at radius 3 is 2.39 bits per heavy atom. The Bertz CT molecular complexity index is 1270. The van der Waals surface area contributed by atoms with E-state index in [9.17, 15) is 13.2 Å². The summed E-state index contributed by atoms with van der Waals surface area (Å²) in [7, 11) is 12.5. The summed E-state index contributed by atoms with van der Waals surface area (Å²) in [4.78, 5) is 4.82. The molecule has 1 aliphatic rings. The highest BCUT2D eigenvalue weighted by atomic mass is 31.0. The third kappa shape index (κ3) is 3.92. The number of fused-ring (bicyclic) bond motifs is 3. The van der Waals surface area contributed by atoms with Crippen molar-refractivity contribution in [2.75, 3.05) is 0 Å². The van der Waals surface area contributed by atoms with Crippen molar-refractivity contribution in [2.45, 2.75) is 18.2 Å². The molecule has 4 radical (unpaired) electrons. The lowest BCUT2D eigenvalue weighted by Crippen LogP contribution is -2.35. The van der Waals surface area contributed by atoms with Crippen LogP contribution in [0.15, 0.2) is 60.7 Å². The van der Waals surface area contributed by atoms with Gasteiger partial charge in [-0.15, -0.1) is 21.4 Å². The molecule has 150 valence electrons. The van der Waals surface area contributed by atoms with Crippen LogP contribution in [0.2, 0.25) is 0 Å². The first-order chi connectivity index (χ1) is 14.7. The fraction of sp³-hybridized carbons (Fsp3) is 0.136. The van der Waals surface area contributed by atoms with Gasteiger partial charge in [0, 0.05) is 27.2 Å². The molecular weight excluding hydrogens is 420 g/mol. The summed E-state index contributed by atoms with van der Waals surface area (Å²) in [6.07, 6.45) is -4.43. The average Bonchev–Trinajstić information content (AvgIpc) is 3.27. The summed E-state index contributed by atoms with van der Waals surface area (Å²) in [5.41, 5.74) is 5.00. The second-order valence-corrected chi connectivity index (χ2v) is 8.61. The van der Waals surface area contributed by atoms with Crippen LogP contribution < -0.4 is 9.47 Å². The Morgan fingerprint density at radius 2 is 1.71 bits per heavy atom. The minimum atomic E-state index is -4.75. The van der Waals surface area contributed by atoms with Crippen LogP contribution >= 0.6 is 8.19 Å². The van der Waals surface area contributed by atoms with Crippen LogP contribution in [-0.4, -0.2) is 32.4 Å². The molecule has 4 aromatic rings. The molecule has 0 saturated heterocycles. The van der Waals surface area contributed by atoms with Gasteiger partial charge in [-0.1, -0.05) is 42.5 Å². The highest BCUT2D eigenvalue weighted by Crippen LogP contribution is 2.49. The van der Waals surface area contributed by atoms with Crippen molar-refractivity contribution in [1.29, 1.82) is 0 Å². The predicted octanol–water partition coefficient (Wildman–Crippen LogP) is 5.42. The number of rotatable bonds is 3. The van der Waals surface area contributed by atoms with E-state index in [1.807, 2.05) is 36.4 Å². The van der Waals surface area contributed by atoms with Crippen molar-refractivity contribution in [1.82, 2.24) is 4.98 Å². The van der Waals surface area contributed by atoms with Crippen LogP contribution in [0, 0.1) is 0 Å². The molecule has 3 nitrogen and oxygen atoms in total. The summed E-state index contributed by atoms with van der Waals surface area (Å²) < 4.78 is 47.2. The van der Waals surface area contributed by atoms with Crippen LogP contribution in [0.5, 0.6) is 11.5 Å². The molecular formula is C22H13B2F3NO2P. The molecule has 31 heavy (non-hydrogen) atoms. The Kier molecular flexibility index (Phi) is 4.60. The Hall–Kier alpha value is -2.85. The van der Waals surface area contributed by atoms with Crippen molar-refractivity contribution < 1.29 is 22.6 Å². The van der Waals surface area contributed by atoms with E-state index in [4.69, 9.17) is 25.4 Å². The zero-order chi connectivity index (χ0) is 21.8. The standard InChI is InChI=1S/C22H13B2F3NO2P/c23-21(24)11-16-18(30-21)15(12-6-8-14(9-7-12)29-22(25,26)27)10-17-19(16)31-20(28-17)13-4-2-1-3-5-13/h1-10,31H,11H2. The number of nitrogens with zero attached hydrogens (tertiary/aromatic N) is 1. The SMILES string of the molecule is [B]C1([B])Cc2c(c(-c3ccc(OC(F)(F)F)cc3)cc3nc(-c4ccccc4)[pH]c23)O1. The molecule has 0 amide bonds. The van der Waals surface area contributed by atoms with Gasteiger partial charge in [-0.3, -0.25) is 0 Å². The van der Waals surface area contributed by atoms with E-state index in [-0.39, 0.29) is 5.75 Å². The molecule has 9 heteroatoms. The number of ether oxygens (including phenoxy) is 2. The molecule has 0 saturated carbocycles. The molecule has 3 aromatic carbocycles. The van der Waals surface area contributed by atoms with Crippen LogP contribution in [-0.2, 0) is 6.42 Å². The van der Waals surface area contributed by atoms with Crippen molar-refractivity contribution in [3.8, 4) is 33.6 Å². The summed E-state index contributed by atoms with van der Waals surface area (Å²) in [6.45, 7) is 0. The average molecular weight is 433 g/mol. The lowest BCUT2D eigenvalue weighted by molar-refractivity contribution is -0.274. The summed E-state index contributed by atoms with van der Waals surface area (Å²) in [6, 6.07) is 17.3. The highest BCUT2D eigenvalue weighted by molar-refractivity contribution is 7.40. The minimum absolute atomic E-state index is 0.298. The van der Waals surface area contributed by atoms with Gasteiger partial charge in [0.15, 0.2) is 0 Å². The topological polar surface area (TPSA) is 31.4 Å². The minimum Gasteiger partial charge on any atom is -0.506 e. The number of hydrogen-bond donors (Lipinski definition) is 0. The van der Waals surface area contributed by atoms with Crippen LogP contribution in [0.25, 0.3) is 32.8 Å². The van der Waals surface area contributed by atoms with E-state index < -0.39 is 11.8 Å². The van der Waals surface area contributed by atoms with E-state index >= 15 is 0 Å². The first-order valence-electron chi connectivity index (χ1n) is 9.42. The molecule has 1 unspecified atom stereocenters. The molecule has 0 N–H and O–H groups in total. The van der Waals surface area contributed by atoms with Crippen LogP contribution in [0.4, 0.5) is 13.2 Å².